The minimum absolute atomic E-state index is 0.199. The van der Waals surface area contributed by atoms with Crippen LogP contribution in [0.4, 0.5) is 15.3 Å². The quantitative estimate of drug-likeness (QED) is 0.408. The predicted molar refractivity (Wildman–Crippen MR) is 119 cm³/mol. The predicted octanol–water partition coefficient (Wildman–Crippen LogP) is 5.65. The van der Waals surface area contributed by atoms with Crippen LogP contribution in [0.2, 0.25) is 0 Å². The molecular weight excluding hydrogens is 415 g/mol. The molecular formula is C23H21FN4O2S. The average molecular weight is 437 g/mol. The van der Waals surface area contributed by atoms with Crippen LogP contribution >= 0.6 is 11.3 Å². The first-order valence-electron chi connectivity index (χ1n) is 9.69. The number of anilines is 2. The van der Waals surface area contributed by atoms with Crippen molar-refractivity contribution in [3.63, 3.8) is 0 Å². The van der Waals surface area contributed by atoms with Gasteiger partial charge in [0, 0.05) is 27.4 Å². The van der Waals surface area contributed by atoms with Crippen molar-refractivity contribution < 1.29 is 13.6 Å². The lowest BCUT2D eigenvalue weighted by molar-refractivity contribution is 0.0997. The van der Waals surface area contributed by atoms with Crippen LogP contribution in [0.1, 0.15) is 44.0 Å². The molecule has 3 aromatic heterocycles. The molecule has 1 amide bonds. The maximum atomic E-state index is 14.8. The molecule has 0 unspecified atom stereocenters. The largest absolute Gasteiger partial charge is 0.459 e. The summed E-state index contributed by atoms with van der Waals surface area (Å²) < 4.78 is 20.0. The van der Waals surface area contributed by atoms with Crippen LogP contribution < -0.4 is 10.6 Å². The number of furan rings is 1. The van der Waals surface area contributed by atoms with Crippen molar-refractivity contribution in [1.82, 2.24) is 9.97 Å². The first-order valence-corrected chi connectivity index (χ1v) is 10.5. The van der Waals surface area contributed by atoms with Gasteiger partial charge < -0.3 is 15.1 Å². The van der Waals surface area contributed by atoms with Gasteiger partial charge in [0.1, 0.15) is 10.8 Å². The van der Waals surface area contributed by atoms with E-state index >= 15 is 0 Å². The van der Waals surface area contributed by atoms with Crippen molar-refractivity contribution in [2.75, 3.05) is 10.6 Å². The molecule has 0 saturated carbocycles. The number of nitrogens with one attached hydrogen (secondary N) is 2. The highest BCUT2D eigenvalue weighted by atomic mass is 32.1. The molecule has 1 aromatic carbocycles. The summed E-state index contributed by atoms with van der Waals surface area (Å²) in [4.78, 5) is 22.5. The van der Waals surface area contributed by atoms with Gasteiger partial charge in [-0.05, 0) is 51.1 Å². The van der Waals surface area contributed by atoms with Crippen LogP contribution in [-0.4, -0.2) is 15.9 Å². The number of nitrogens with zero attached hydrogens (tertiary/aromatic N) is 2. The summed E-state index contributed by atoms with van der Waals surface area (Å²) in [6, 6.07) is 13.0. The summed E-state index contributed by atoms with van der Waals surface area (Å²) >= 11 is 1.41. The molecule has 0 bridgehead atoms. The lowest BCUT2D eigenvalue weighted by atomic mass is 9.99. The highest BCUT2D eigenvalue weighted by molar-refractivity contribution is 7.16. The smallest absolute Gasteiger partial charge is 0.291 e. The highest BCUT2D eigenvalue weighted by Gasteiger charge is 2.25. The van der Waals surface area contributed by atoms with Gasteiger partial charge in [0.2, 0.25) is 5.95 Å². The number of halogens is 1. The number of aromatic nitrogens is 2. The number of hydrogen-bond acceptors (Lipinski definition) is 6. The van der Waals surface area contributed by atoms with Gasteiger partial charge in [-0.25, -0.2) is 14.4 Å². The minimum Gasteiger partial charge on any atom is -0.459 e. The van der Waals surface area contributed by atoms with Crippen molar-refractivity contribution in [3.05, 3.63) is 93.8 Å². The third-order valence-electron chi connectivity index (χ3n) is 4.64. The Balaban J connectivity index is 1.77. The Hall–Kier alpha value is -3.52. The van der Waals surface area contributed by atoms with Crippen LogP contribution in [0, 0.1) is 26.6 Å². The van der Waals surface area contributed by atoms with Gasteiger partial charge in [0.05, 0.1) is 12.3 Å². The van der Waals surface area contributed by atoms with E-state index in [9.17, 15) is 9.18 Å². The van der Waals surface area contributed by atoms with Gasteiger partial charge in [-0.1, -0.05) is 18.2 Å². The van der Waals surface area contributed by atoms with E-state index in [1.54, 1.807) is 30.3 Å². The third kappa shape index (κ3) is 4.64. The molecule has 6 nitrogen and oxygen atoms in total. The van der Waals surface area contributed by atoms with Crippen LogP contribution in [0.3, 0.4) is 0 Å². The molecule has 0 aliphatic carbocycles. The number of aryl methyl sites for hydroxylation is 3. The van der Waals surface area contributed by atoms with Crippen LogP contribution in [0.25, 0.3) is 0 Å². The van der Waals surface area contributed by atoms with Crippen molar-refractivity contribution in [2.45, 2.75) is 26.8 Å². The van der Waals surface area contributed by atoms with Gasteiger partial charge in [0.15, 0.2) is 5.76 Å². The topological polar surface area (TPSA) is 80.0 Å². The summed E-state index contributed by atoms with van der Waals surface area (Å²) in [6.07, 6.45) is 1.44. The van der Waals surface area contributed by atoms with Gasteiger partial charge in [-0.15, -0.1) is 11.3 Å². The van der Waals surface area contributed by atoms with Gasteiger partial charge >= 0.3 is 0 Å². The molecule has 0 fully saturated rings. The molecule has 0 aliphatic rings. The van der Waals surface area contributed by atoms with E-state index in [1.807, 2.05) is 32.9 Å². The minimum atomic E-state index is -0.612. The number of carbonyl (C=O) groups is 1. The fourth-order valence-corrected chi connectivity index (χ4v) is 4.32. The molecule has 31 heavy (non-hydrogen) atoms. The summed E-state index contributed by atoms with van der Waals surface area (Å²) in [5.74, 6) is -0.150. The van der Waals surface area contributed by atoms with Gasteiger partial charge in [0.25, 0.3) is 5.91 Å². The zero-order valence-electron chi connectivity index (χ0n) is 17.3. The highest BCUT2D eigenvalue weighted by Crippen LogP contribution is 2.38. The number of rotatable bonds is 6. The Bertz CT molecular complexity index is 1200. The number of amides is 1. The monoisotopic (exact) mass is 436 g/mol. The van der Waals surface area contributed by atoms with Gasteiger partial charge in [-0.3, -0.25) is 4.79 Å². The fraction of sp³-hybridized carbons (Fsp3) is 0.174. The van der Waals surface area contributed by atoms with Crippen LogP contribution in [-0.2, 0) is 0 Å². The molecule has 4 rings (SSSR count). The van der Waals surface area contributed by atoms with E-state index in [0.717, 1.165) is 21.8 Å². The Kier molecular flexibility index (Phi) is 5.81. The molecule has 0 aliphatic heterocycles. The van der Waals surface area contributed by atoms with E-state index < -0.39 is 6.04 Å². The number of benzene rings is 1. The normalized spacial score (nSPS) is 11.9. The molecule has 3 heterocycles. The van der Waals surface area contributed by atoms with Gasteiger partial charge in [-0.2, -0.15) is 0 Å². The second-order valence-corrected chi connectivity index (χ2v) is 8.40. The van der Waals surface area contributed by atoms with Crippen molar-refractivity contribution >= 4 is 28.2 Å². The number of carbonyl (C=O) groups excluding carboxylic acids is 1. The molecule has 158 valence electrons. The van der Waals surface area contributed by atoms with E-state index in [1.165, 1.54) is 23.7 Å². The first kappa shape index (κ1) is 20.7. The van der Waals surface area contributed by atoms with Crippen molar-refractivity contribution in [1.29, 1.82) is 0 Å². The second kappa shape index (κ2) is 8.69. The molecule has 0 saturated heterocycles. The lowest BCUT2D eigenvalue weighted by Crippen LogP contribution is -2.18. The Morgan fingerprint density at radius 1 is 1.03 bits per heavy atom. The Morgan fingerprint density at radius 2 is 1.77 bits per heavy atom. The SMILES string of the molecule is Cc1cc(C)nc(N[C@H](c2ccccc2F)c2cc(C)sc2NC(=O)c2ccco2)n1. The molecule has 1 atom stereocenters. The van der Waals surface area contributed by atoms with E-state index in [4.69, 9.17) is 4.42 Å². The number of hydrogen-bond donors (Lipinski definition) is 2. The van der Waals surface area contributed by atoms with Crippen LogP contribution in [0.15, 0.2) is 59.2 Å². The zero-order valence-corrected chi connectivity index (χ0v) is 18.1. The standard InChI is InChI=1S/C23H21FN4O2S/c1-13-11-14(2)26-23(25-13)27-20(16-7-4-5-8-18(16)24)17-12-15(3)31-22(17)28-21(29)19-9-6-10-30-19/h4-12,20H,1-3H3,(H,28,29)(H,25,26,27)/t20-/m1/s1. The molecule has 0 spiro atoms. The van der Waals surface area contributed by atoms with E-state index in [-0.39, 0.29) is 17.5 Å². The van der Waals surface area contributed by atoms with E-state index in [2.05, 4.69) is 20.6 Å². The first-order chi connectivity index (χ1) is 14.9. The molecule has 2 N–H and O–H groups in total. The summed E-state index contributed by atoms with van der Waals surface area (Å²) in [7, 11) is 0. The summed E-state index contributed by atoms with van der Waals surface area (Å²) in [5, 5.41) is 6.76. The maximum absolute atomic E-state index is 14.8. The number of thiophene rings is 1. The molecule has 4 aromatic rings. The lowest BCUT2D eigenvalue weighted by Gasteiger charge is -2.21. The van der Waals surface area contributed by atoms with Crippen molar-refractivity contribution in [2.24, 2.45) is 0 Å². The average Bonchev–Trinajstić information content (AvgIpc) is 3.36. The second-order valence-electron chi connectivity index (χ2n) is 7.15. The zero-order chi connectivity index (χ0) is 22.0. The molecule has 8 heteroatoms. The summed E-state index contributed by atoms with van der Waals surface area (Å²) in [5.41, 5.74) is 2.75. The Labute approximate surface area is 183 Å². The molecule has 0 radical (unpaired) electrons. The fourth-order valence-electron chi connectivity index (χ4n) is 3.37. The van der Waals surface area contributed by atoms with Crippen molar-refractivity contribution in [3.8, 4) is 0 Å². The Morgan fingerprint density at radius 3 is 2.45 bits per heavy atom. The third-order valence-corrected chi connectivity index (χ3v) is 5.62. The van der Waals surface area contributed by atoms with E-state index in [0.29, 0.717) is 16.5 Å². The van der Waals surface area contributed by atoms with Crippen LogP contribution in [0.5, 0.6) is 0 Å². The maximum Gasteiger partial charge on any atom is 0.291 e. The summed E-state index contributed by atoms with van der Waals surface area (Å²) in [6.45, 7) is 5.69.